The first-order valence-electron chi connectivity index (χ1n) is 5.93. The fourth-order valence-corrected chi connectivity index (χ4v) is 2.22. The number of rotatable bonds is 3. The molecule has 3 heteroatoms. The molecule has 0 heterocycles. The molecule has 1 aliphatic rings. The zero-order chi connectivity index (χ0) is 13.0. The van der Waals surface area contributed by atoms with E-state index in [2.05, 4.69) is 0 Å². The van der Waals surface area contributed by atoms with Crippen molar-refractivity contribution in [1.29, 1.82) is 0 Å². The second-order valence-corrected chi connectivity index (χ2v) is 4.37. The van der Waals surface area contributed by atoms with E-state index in [1.807, 2.05) is 36.4 Å². The van der Waals surface area contributed by atoms with Crippen molar-refractivity contribution >= 4 is 5.97 Å². The molecule has 0 aliphatic heterocycles. The van der Waals surface area contributed by atoms with Crippen LogP contribution in [-0.4, -0.2) is 18.2 Å². The van der Waals surface area contributed by atoms with Crippen LogP contribution in [0.3, 0.4) is 0 Å². The quantitative estimate of drug-likeness (QED) is 0.831. The lowest BCUT2D eigenvalue weighted by atomic mass is 9.85. The third-order valence-corrected chi connectivity index (χ3v) is 3.13. The van der Waals surface area contributed by atoms with Gasteiger partial charge in [0.25, 0.3) is 0 Å². The van der Waals surface area contributed by atoms with Gasteiger partial charge in [-0.1, -0.05) is 24.3 Å². The Labute approximate surface area is 106 Å². The average Bonchev–Trinajstić information content (AvgIpc) is 2.38. The summed E-state index contributed by atoms with van der Waals surface area (Å²) in [6.07, 6.45) is 6.94. The van der Waals surface area contributed by atoms with Gasteiger partial charge in [-0.2, -0.15) is 0 Å². The number of carboxylic acid groups (broad SMARTS) is 1. The fraction of sp³-hybridized carbons (Fsp3) is 0.267. The van der Waals surface area contributed by atoms with Gasteiger partial charge in [-0.15, -0.1) is 0 Å². The average molecular weight is 244 g/mol. The summed E-state index contributed by atoms with van der Waals surface area (Å²) in [7, 11) is 1.64. The van der Waals surface area contributed by atoms with E-state index in [1.54, 1.807) is 7.11 Å². The van der Waals surface area contributed by atoms with Gasteiger partial charge >= 0.3 is 5.97 Å². The highest BCUT2D eigenvalue weighted by molar-refractivity contribution is 5.81. The van der Waals surface area contributed by atoms with Crippen molar-refractivity contribution in [3.8, 4) is 5.75 Å². The molecule has 2 rings (SSSR count). The molecule has 1 aliphatic carbocycles. The predicted molar refractivity (Wildman–Crippen MR) is 69.8 cm³/mol. The molecule has 0 saturated heterocycles. The molecule has 18 heavy (non-hydrogen) atoms. The first-order valence-corrected chi connectivity index (χ1v) is 5.93. The van der Waals surface area contributed by atoms with Crippen LogP contribution in [0.4, 0.5) is 0 Å². The van der Waals surface area contributed by atoms with Crippen LogP contribution in [0, 0.1) is 0 Å². The Morgan fingerprint density at radius 3 is 2.72 bits per heavy atom. The molecule has 3 nitrogen and oxygen atoms in total. The van der Waals surface area contributed by atoms with Gasteiger partial charge in [0.1, 0.15) is 5.75 Å². The van der Waals surface area contributed by atoms with E-state index >= 15 is 0 Å². The SMILES string of the molecule is COc1ccc([C@H]2CC=C/C(=C\C(=O)O)C2)cc1. The van der Waals surface area contributed by atoms with Gasteiger partial charge in [0, 0.05) is 6.08 Å². The van der Waals surface area contributed by atoms with Crippen LogP contribution in [0.15, 0.2) is 48.1 Å². The summed E-state index contributed by atoms with van der Waals surface area (Å²) < 4.78 is 5.13. The van der Waals surface area contributed by atoms with E-state index in [1.165, 1.54) is 11.6 Å². The van der Waals surface area contributed by atoms with E-state index in [0.717, 1.165) is 24.2 Å². The van der Waals surface area contributed by atoms with E-state index in [-0.39, 0.29) is 0 Å². The Kier molecular flexibility index (Phi) is 3.82. The molecule has 0 unspecified atom stereocenters. The smallest absolute Gasteiger partial charge is 0.328 e. The van der Waals surface area contributed by atoms with Gasteiger partial charge in [0.05, 0.1) is 7.11 Å². The summed E-state index contributed by atoms with van der Waals surface area (Å²) in [5, 5.41) is 8.76. The van der Waals surface area contributed by atoms with Gasteiger partial charge in [-0.25, -0.2) is 4.79 Å². The third-order valence-electron chi connectivity index (χ3n) is 3.13. The fourth-order valence-electron chi connectivity index (χ4n) is 2.22. The number of carbonyl (C=O) groups is 1. The van der Waals surface area contributed by atoms with Gasteiger partial charge in [0.15, 0.2) is 0 Å². The number of aliphatic carboxylic acids is 1. The van der Waals surface area contributed by atoms with Gasteiger partial charge in [0.2, 0.25) is 0 Å². The molecule has 0 spiro atoms. The summed E-state index contributed by atoms with van der Waals surface area (Å²) in [5.41, 5.74) is 2.09. The molecule has 0 amide bonds. The molecule has 1 atom stereocenters. The van der Waals surface area contributed by atoms with Gasteiger partial charge in [-0.3, -0.25) is 0 Å². The third kappa shape index (κ3) is 3.00. The van der Waals surface area contributed by atoms with Crippen molar-refractivity contribution in [1.82, 2.24) is 0 Å². The largest absolute Gasteiger partial charge is 0.497 e. The molecule has 0 radical (unpaired) electrons. The maximum absolute atomic E-state index is 10.7. The number of ether oxygens (including phenoxy) is 1. The van der Waals surface area contributed by atoms with Gasteiger partial charge < -0.3 is 9.84 Å². The molecular formula is C15H16O3. The number of hydrogen-bond donors (Lipinski definition) is 1. The molecule has 1 aromatic carbocycles. The van der Waals surface area contributed by atoms with Crippen molar-refractivity contribution in [3.05, 3.63) is 53.6 Å². The van der Waals surface area contributed by atoms with Crippen LogP contribution in [0.5, 0.6) is 5.75 Å². The maximum Gasteiger partial charge on any atom is 0.328 e. The van der Waals surface area contributed by atoms with Crippen LogP contribution in [0.2, 0.25) is 0 Å². The normalized spacial score (nSPS) is 20.9. The van der Waals surface area contributed by atoms with Crippen molar-refractivity contribution < 1.29 is 14.6 Å². The summed E-state index contributed by atoms with van der Waals surface area (Å²) in [6, 6.07) is 7.96. The molecule has 1 N–H and O–H groups in total. The standard InChI is InChI=1S/C15H16O3/c1-18-14-7-5-12(6-8-14)13-4-2-3-11(9-13)10-15(16)17/h2-3,5-8,10,13H,4,9H2,1H3,(H,16,17)/b11-10+/t13-/m0/s1. The summed E-state index contributed by atoms with van der Waals surface area (Å²) in [5.74, 6) is 0.308. The van der Waals surface area contributed by atoms with Gasteiger partial charge in [-0.05, 0) is 42.0 Å². The van der Waals surface area contributed by atoms with Crippen molar-refractivity contribution in [2.24, 2.45) is 0 Å². The minimum absolute atomic E-state index is 0.353. The van der Waals surface area contributed by atoms with Crippen molar-refractivity contribution in [2.45, 2.75) is 18.8 Å². The Hall–Kier alpha value is -2.03. The molecule has 0 saturated carbocycles. The minimum Gasteiger partial charge on any atom is -0.497 e. The lowest BCUT2D eigenvalue weighted by molar-refractivity contribution is -0.131. The maximum atomic E-state index is 10.7. The zero-order valence-corrected chi connectivity index (χ0v) is 10.3. The number of allylic oxidation sites excluding steroid dienone is 3. The van der Waals surface area contributed by atoms with Crippen LogP contribution in [0.25, 0.3) is 0 Å². The van der Waals surface area contributed by atoms with Crippen molar-refractivity contribution in [3.63, 3.8) is 0 Å². The lowest BCUT2D eigenvalue weighted by Crippen LogP contribution is -2.04. The van der Waals surface area contributed by atoms with E-state index < -0.39 is 5.97 Å². The van der Waals surface area contributed by atoms with Crippen molar-refractivity contribution in [2.75, 3.05) is 7.11 Å². The predicted octanol–water partition coefficient (Wildman–Crippen LogP) is 3.14. The summed E-state index contributed by atoms with van der Waals surface area (Å²) in [4.78, 5) is 10.7. The molecule has 0 aromatic heterocycles. The Balaban J connectivity index is 2.14. The second-order valence-electron chi connectivity index (χ2n) is 4.37. The van der Waals surface area contributed by atoms with Crippen LogP contribution in [0.1, 0.15) is 24.3 Å². The molecular weight excluding hydrogens is 228 g/mol. The Morgan fingerprint density at radius 2 is 2.11 bits per heavy atom. The first-order chi connectivity index (χ1) is 8.69. The zero-order valence-electron chi connectivity index (χ0n) is 10.3. The summed E-state index contributed by atoms with van der Waals surface area (Å²) >= 11 is 0. The Bertz CT molecular complexity index is 483. The first kappa shape index (κ1) is 12.4. The second kappa shape index (κ2) is 5.54. The minimum atomic E-state index is -0.884. The molecule has 94 valence electrons. The monoisotopic (exact) mass is 244 g/mol. The molecule has 0 fully saturated rings. The molecule has 0 bridgehead atoms. The highest BCUT2D eigenvalue weighted by Crippen LogP contribution is 2.32. The van der Waals surface area contributed by atoms with Crippen LogP contribution in [-0.2, 0) is 4.79 Å². The van der Waals surface area contributed by atoms with Crippen LogP contribution < -0.4 is 4.74 Å². The van der Waals surface area contributed by atoms with Crippen LogP contribution >= 0.6 is 0 Å². The number of hydrogen-bond acceptors (Lipinski definition) is 2. The van der Waals surface area contributed by atoms with E-state index in [4.69, 9.17) is 9.84 Å². The topological polar surface area (TPSA) is 46.5 Å². The van der Waals surface area contributed by atoms with E-state index in [0.29, 0.717) is 5.92 Å². The number of methoxy groups -OCH3 is 1. The highest BCUT2D eigenvalue weighted by atomic mass is 16.5. The lowest BCUT2D eigenvalue weighted by Gasteiger charge is -2.20. The number of benzene rings is 1. The summed E-state index contributed by atoms with van der Waals surface area (Å²) in [6.45, 7) is 0. The Morgan fingerprint density at radius 1 is 1.39 bits per heavy atom. The molecule has 1 aromatic rings. The number of carboxylic acids is 1. The highest BCUT2D eigenvalue weighted by Gasteiger charge is 2.15. The van der Waals surface area contributed by atoms with E-state index in [9.17, 15) is 4.79 Å².